The second-order valence-electron chi connectivity index (χ2n) is 6.82. The largest absolute Gasteiger partial charge is 0.497 e. The molecule has 0 N–H and O–H groups in total. The number of unbranched alkanes of at least 4 members (excludes halogenated alkanes) is 15. The third-order valence-corrected chi connectivity index (χ3v) is 4.75. The predicted octanol–water partition coefficient (Wildman–Crippen LogP) is 8.02. The van der Waals surface area contributed by atoms with E-state index in [0.717, 1.165) is 13.0 Å². The lowest BCUT2D eigenvalue weighted by Crippen LogP contribution is -1.95. The molecule has 0 heterocycles. The molecule has 0 saturated heterocycles. The van der Waals surface area contributed by atoms with E-state index < -0.39 is 0 Å². The second-order valence-corrected chi connectivity index (χ2v) is 7.09. The topological polar surface area (TPSA) is 9.23 Å². The zero-order chi connectivity index (χ0) is 17.0. The smallest absolute Gasteiger partial charge is 0.104 e. The standard InChI is InChI=1S/C21H41ClO/c1-3-4-5-6-7-8-9-10-11-12-13-14-15-16-17-18-19-23-21(2)20-22/h2-20H2,1H3. The van der Waals surface area contributed by atoms with Gasteiger partial charge in [-0.25, -0.2) is 0 Å². The van der Waals surface area contributed by atoms with Gasteiger partial charge in [0.25, 0.3) is 0 Å². The van der Waals surface area contributed by atoms with Gasteiger partial charge in [-0.15, -0.1) is 11.6 Å². The molecule has 0 rings (SSSR count). The SMILES string of the molecule is C=C(CCl)OCCCCCCCCCCCCCCCCCC. The van der Waals surface area contributed by atoms with Crippen molar-refractivity contribution in [3.05, 3.63) is 12.3 Å². The van der Waals surface area contributed by atoms with Crippen LogP contribution in [0.3, 0.4) is 0 Å². The number of hydrogen-bond donors (Lipinski definition) is 0. The van der Waals surface area contributed by atoms with E-state index in [0.29, 0.717) is 11.6 Å². The van der Waals surface area contributed by atoms with Crippen LogP contribution >= 0.6 is 11.6 Å². The first kappa shape index (κ1) is 22.8. The summed E-state index contributed by atoms with van der Waals surface area (Å²) in [5.74, 6) is 1.12. The Morgan fingerprint density at radius 2 is 1.00 bits per heavy atom. The molecule has 0 radical (unpaired) electrons. The molecule has 0 aliphatic heterocycles. The van der Waals surface area contributed by atoms with Gasteiger partial charge in [-0.05, 0) is 6.42 Å². The van der Waals surface area contributed by atoms with Crippen molar-refractivity contribution in [1.82, 2.24) is 0 Å². The molecule has 23 heavy (non-hydrogen) atoms. The number of allylic oxidation sites excluding steroid dienone is 1. The quantitative estimate of drug-likeness (QED) is 0.131. The maximum absolute atomic E-state index is 5.60. The van der Waals surface area contributed by atoms with E-state index in [9.17, 15) is 0 Å². The first-order chi connectivity index (χ1) is 11.3. The molecule has 0 saturated carbocycles. The predicted molar refractivity (Wildman–Crippen MR) is 105 cm³/mol. The third kappa shape index (κ3) is 19.8. The molecular formula is C21H41ClO. The van der Waals surface area contributed by atoms with E-state index in [-0.39, 0.29) is 0 Å². The highest BCUT2D eigenvalue weighted by molar-refractivity contribution is 6.19. The molecule has 0 aliphatic rings. The second kappa shape index (κ2) is 19.9. The summed E-state index contributed by atoms with van der Waals surface area (Å²) in [5, 5.41) is 0. The molecule has 2 heteroatoms. The van der Waals surface area contributed by atoms with Gasteiger partial charge >= 0.3 is 0 Å². The van der Waals surface area contributed by atoms with Gasteiger partial charge in [-0.1, -0.05) is 110 Å². The van der Waals surface area contributed by atoms with Gasteiger partial charge in [0.1, 0.15) is 5.76 Å². The number of alkyl halides is 1. The van der Waals surface area contributed by atoms with Crippen LogP contribution in [0, 0.1) is 0 Å². The Morgan fingerprint density at radius 3 is 1.35 bits per heavy atom. The molecule has 0 spiro atoms. The third-order valence-electron chi connectivity index (χ3n) is 4.45. The Kier molecular flexibility index (Phi) is 19.7. The molecule has 138 valence electrons. The van der Waals surface area contributed by atoms with E-state index in [2.05, 4.69) is 13.5 Å². The fraction of sp³-hybridized carbons (Fsp3) is 0.905. The summed E-state index contributed by atoms with van der Waals surface area (Å²) in [7, 11) is 0. The lowest BCUT2D eigenvalue weighted by atomic mass is 10.0. The normalized spacial score (nSPS) is 10.9. The Hall–Kier alpha value is -0.170. The van der Waals surface area contributed by atoms with E-state index in [4.69, 9.17) is 16.3 Å². The van der Waals surface area contributed by atoms with Crippen molar-refractivity contribution in [2.75, 3.05) is 12.5 Å². The van der Waals surface area contributed by atoms with Crippen molar-refractivity contribution >= 4 is 11.6 Å². The minimum Gasteiger partial charge on any atom is -0.497 e. The fourth-order valence-corrected chi connectivity index (χ4v) is 2.98. The minimum atomic E-state index is 0.416. The molecule has 1 nitrogen and oxygen atoms in total. The summed E-state index contributed by atoms with van der Waals surface area (Å²) in [6, 6.07) is 0. The maximum atomic E-state index is 5.60. The summed E-state index contributed by atoms with van der Waals surface area (Å²) >= 11 is 5.60. The van der Waals surface area contributed by atoms with E-state index >= 15 is 0 Å². The van der Waals surface area contributed by atoms with Crippen molar-refractivity contribution in [2.24, 2.45) is 0 Å². The highest BCUT2D eigenvalue weighted by Crippen LogP contribution is 2.13. The first-order valence-electron chi connectivity index (χ1n) is 10.2. The lowest BCUT2D eigenvalue weighted by molar-refractivity contribution is 0.209. The van der Waals surface area contributed by atoms with Crippen LogP contribution < -0.4 is 0 Å². The van der Waals surface area contributed by atoms with E-state index in [1.807, 2.05) is 0 Å². The Balaban J connectivity index is 2.99. The molecule has 0 fully saturated rings. The van der Waals surface area contributed by atoms with Gasteiger partial charge < -0.3 is 4.74 Å². The van der Waals surface area contributed by atoms with Crippen molar-refractivity contribution < 1.29 is 4.74 Å². The first-order valence-corrected chi connectivity index (χ1v) is 10.7. The van der Waals surface area contributed by atoms with Gasteiger partial charge in [-0.3, -0.25) is 0 Å². The minimum absolute atomic E-state index is 0.416. The molecule has 0 aromatic heterocycles. The Bertz CT molecular complexity index is 240. The Labute approximate surface area is 151 Å². The highest BCUT2D eigenvalue weighted by Gasteiger charge is 1.95. The molecule has 0 aromatic rings. The number of hydrogen-bond acceptors (Lipinski definition) is 1. The summed E-state index contributed by atoms with van der Waals surface area (Å²) in [5.41, 5.74) is 0. The van der Waals surface area contributed by atoms with Gasteiger partial charge in [0.2, 0.25) is 0 Å². The van der Waals surface area contributed by atoms with Crippen molar-refractivity contribution in [1.29, 1.82) is 0 Å². The molecule has 0 bridgehead atoms. The van der Waals surface area contributed by atoms with Crippen molar-refractivity contribution in [2.45, 2.75) is 110 Å². The van der Waals surface area contributed by atoms with Crippen LogP contribution in [0.25, 0.3) is 0 Å². The summed E-state index contributed by atoms with van der Waals surface area (Å²) in [6.45, 7) is 6.80. The summed E-state index contributed by atoms with van der Waals surface area (Å²) in [6.07, 6.45) is 22.4. The zero-order valence-electron chi connectivity index (χ0n) is 15.7. The van der Waals surface area contributed by atoms with Crippen LogP contribution in [0.1, 0.15) is 110 Å². The van der Waals surface area contributed by atoms with Crippen LogP contribution in [0.2, 0.25) is 0 Å². The van der Waals surface area contributed by atoms with E-state index in [1.54, 1.807) is 0 Å². The van der Waals surface area contributed by atoms with Crippen LogP contribution in [0.5, 0.6) is 0 Å². The van der Waals surface area contributed by atoms with Gasteiger partial charge in [0.15, 0.2) is 0 Å². The van der Waals surface area contributed by atoms with Crippen molar-refractivity contribution in [3.8, 4) is 0 Å². The molecule has 0 atom stereocenters. The maximum Gasteiger partial charge on any atom is 0.104 e. The lowest BCUT2D eigenvalue weighted by Gasteiger charge is -2.06. The molecule has 0 unspecified atom stereocenters. The van der Waals surface area contributed by atoms with Gasteiger partial charge in [0.05, 0.1) is 12.5 Å². The summed E-state index contributed by atoms with van der Waals surface area (Å²) in [4.78, 5) is 0. The average molecular weight is 345 g/mol. The van der Waals surface area contributed by atoms with Crippen LogP contribution in [-0.2, 0) is 4.74 Å². The van der Waals surface area contributed by atoms with Crippen molar-refractivity contribution in [3.63, 3.8) is 0 Å². The van der Waals surface area contributed by atoms with Crippen LogP contribution in [0.15, 0.2) is 12.3 Å². The molecule has 0 amide bonds. The zero-order valence-corrected chi connectivity index (χ0v) is 16.5. The monoisotopic (exact) mass is 344 g/mol. The Morgan fingerprint density at radius 1 is 0.652 bits per heavy atom. The fourth-order valence-electron chi connectivity index (χ4n) is 2.91. The van der Waals surface area contributed by atoms with Gasteiger partial charge in [-0.2, -0.15) is 0 Å². The highest BCUT2D eigenvalue weighted by atomic mass is 35.5. The average Bonchev–Trinajstić information content (AvgIpc) is 2.57. The van der Waals surface area contributed by atoms with Crippen LogP contribution in [-0.4, -0.2) is 12.5 Å². The van der Waals surface area contributed by atoms with Gasteiger partial charge in [0, 0.05) is 0 Å². The van der Waals surface area contributed by atoms with E-state index in [1.165, 1.54) is 96.3 Å². The molecular weight excluding hydrogens is 304 g/mol. The number of halogens is 1. The summed E-state index contributed by atoms with van der Waals surface area (Å²) < 4.78 is 5.38. The van der Waals surface area contributed by atoms with Crippen LogP contribution in [0.4, 0.5) is 0 Å². The number of ether oxygens (including phenoxy) is 1. The number of rotatable bonds is 19. The molecule has 0 aromatic carbocycles. The molecule has 0 aliphatic carbocycles.